The van der Waals surface area contributed by atoms with E-state index in [1.807, 2.05) is 0 Å². The molecule has 0 bridgehead atoms. The van der Waals surface area contributed by atoms with Crippen LogP contribution in [0.4, 0.5) is 0 Å². The molecule has 4 nitrogen and oxygen atoms in total. The molecule has 0 amide bonds. The highest BCUT2D eigenvalue weighted by Gasteiger charge is 2.18. The fourth-order valence-corrected chi connectivity index (χ4v) is 1.23. The number of nitrogens with zero attached hydrogens (tertiary/aromatic N) is 1. The Morgan fingerprint density at radius 2 is 1.94 bits per heavy atom. The van der Waals surface area contributed by atoms with Crippen molar-refractivity contribution in [2.45, 2.75) is 20.0 Å². The van der Waals surface area contributed by atoms with E-state index in [4.69, 9.17) is 10.00 Å². The van der Waals surface area contributed by atoms with Crippen LogP contribution in [0.1, 0.15) is 19.4 Å². The molecule has 4 heteroatoms. The third kappa shape index (κ3) is 3.35. The Bertz CT molecular complexity index is 469. The minimum atomic E-state index is -0.889. The highest BCUT2D eigenvalue weighted by atomic mass is 16.6. The molecule has 1 aromatic carbocycles. The van der Waals surface area contributed by atoms with Crippen LogP contribution in [0.3, 0.4) is 0 Å². The van der Waals surface area contributed by atoms with Gasteiger partial charge < -0.3 is 9.84 Å². The van der Waals surface area contributed by atoms with E-state index in [1.54, 1.807) is 50.2 Å². The molecule has 0 spiro atoms. The van der Waals surface area contributed by atoms with Crippen molar-refractivity contribution in [1.82, 2.24) is 0 Å². The number of esters is 1. The van der Waals surface area contributed by atoms with E-state index in [0.29, 0.717) is 5.56 Å². The molecule has 17 heavy (non-hydrogen) atoms. The van der Waals surface area contributed by atoms with Crippen LogP contribution >= 0.6 is 0 Å². The molecule has 1 rings (SSSR count). The van der Waals surface area contributed by atoms with Crippen molar-refractivity contribution >= 4 is 11.5 Å². The molecule has 0 aromatic heterocycles. The van der Waals surface area contributed by atoms with Crippen molar-refractivity contribution in [3.8, 4) is 6.07 Å². The summed E-state index contributed by atoms with van der Waals surface area (Å²) in [6.07, 6.45) is -0.347. The third-order valence-corrected chi connectivity index (χ3v) is 1.95. The molecular formula is C13H13NO3. The Morgan fingerprint density at radius 1 is 1.35 bits per heavy atom. The number of nitriles is 1. The molecule has 0 saturated carbocycles. The number of allylic oxidation sites excluding steroid dienone is 1. The number of ether oxygens (including phenoxy) is 1. The molecule has 88 valence electrons. The number of rotatable bonds is 3. The first-order valence-corrected chi connectivity index (χ1v) is 5.16. The van der Waals surface area contributed by atoms with Gasteiger partial charge >= 0.3 is 5.97 Å². The van der Waals surface area contributed by atoms with Gasteiger partial charge in [0.2, 0.25) is 5.76 Å². The van der Waals surface area contributed by atoms with E-state index in [9.17, 15) is 9.90 Å². The first-order chi connectivity index (χ1) is 8.06. The standard InChI is InChI=1S/C13H13NO3/c1-9(2)17-13(16)12(15)11(8-14)10-6-4-3-5-7-10/h3-7,9,15H,1-2H3. The molecule has 0 radical (unpaired) electrons. The van der Waals surface area contributed by atoms with Crippen LogP contribution in [-0.2, 0) is 9.53 Å². The predicted octanol–water partition coefficient (Wildman–Crippen LogP) is 2.43. The van der Waals surface area contributed by atoms with Gasteiger partial charge in [0.15, 0.2) is 0 Å². The van der Waals surface area contributed by atoms with E-state index < -0.39 is 11.7 Å². The molecule has 1 N–H and O–H groups in total. The Hall–Kier alpha value is -2.28. The van der Waals surface area contributed by atoms with Crippen molar-refractivity contribution in [3.05, 3.63) is 41.7 Å². The van der Waals surface area contributed by atoms with Crippen molar-refractivity contribution in [1.29, 1.82) is 5.26 Å². The maximum Gasteiger partial charge on any atom is 0.375 e. The number of benzene rings is 1. The number of hydrogen-bond acceptors (Lipinski definition) is 4. The summed E-state index contributed by atoms with van der Waals surface area (Å²) in [5, 5.41) is 18.6. The maximum absolute atomic E-state index is 11.4. The molecule has 0 fully saturated rings. The van der Waals surface area contributed by atoms with Crippen LogP contribution in [0.15, 0.2) is 36.1 Å². The van der Waals surface area contributed by atoms with Crippen molar-refractivity contribution in [2.24, 2.45) is 0 Å². The second-order valence-electron chi connectivity index (χ2n) is 3.66. The topological polar surface area (TPSA) is 70.3 Å². The second kappa shape index (κ2) is 5.71. The first kappa shape index (κ1) is 12.8. The summed E-state index contributed by atoms with van der Waals surface area (Å²) < 4.78 is 4.82. The van der Waals surface area contributed by atoms with E-state index in [1.165, 1.54) is 0 Å². The lowest BCUT2D eigenvalue weighted by atomic mass is 10.1. The summed E-state index contributed by atoms with van der Waals surface area (Å²) in [4.78, 5) is 11.4. The Balaban J connectivity index is 3.09. The van der Waals surface area contributed by atoms with E-state index >= 15 is 0 Å². The quantitative estimate of drug-likeness (QED) is 0.375. The fourth-order valence-electron chi connectivity index (χ4n) is 1.23. The minimum absolute atomic E-state index is 0.0868. The summed E-state index contributed by atoms with van der Waals surface area (Å²) in [6, 6.07) is 10.3. The second-order valence-corrected chi connectivity index (χ2v) is 3.66. The van der Waals surface area contributed by atoms with Gasteiger partial charge in [-0.05, 0) is 19.4 Å². The molecule has 0 aliphatic rings. The molecule has 1 aromatic rings. The van der Waals surface area contributed by atoms with Crippen LogP contribution in [-0.4, -0.2) is 17.2 Å². The largest absolute Gasteiger partial charge is 0.501 e. The highest BCUT2D eigenvalue weighted by Crippen LogP contribution is 2.17. The van der Waals surface area contributed by atoms with Gasteiger partial charge in [-0.1, -0.05) is 30.3 Å². The normalized spacial score (nSPS) is 11.6. The lowest BCUT2D eigenvalue weighted by Crippen LogP contribution is -2.14. The average molecular weight is 231 g/mol. The third-order valence-electron chi connectivity index (χ3n) is 1.95. The number of hydrogen-bond donors (Lipinski definition) is 1. The minimum Gasteiger partial charge on any atom is -0.501 e. The maximum atomic E-state index is 11.4. The summed E-state index contributed by atoms with van der Waals surface area (Å²) in [6.45, 7) is 3.33. The lowest BCUT2D eigenvalue weighted by molar-refractivity contribution is -0.145. The van der Waals surface area contributed by atoms with Crippen molar-refractivity contribution < 1.29 is 14.6 Å². The zero-order chi connectivity index (χ0) is 12.8. The van der Waals surface area contributed by atoms with Crippen molar-refractivity contribution in [2.75, 3.05) is 0 Å². The molecule has 0 saturated heterocycles. The molecule has 0 unspecified atom stereocenters. The fraction of sp³-hybridized carbons (Fsp3) is 0.231. The van der Waals surface area contributed by atoms with Gasteiger partial charge in [0, 0.05) is 0 Å². The van der Waals surface area contributed by atoms with E-state index in [2.05, 4.69) is 0 Å². The molecular weight excluding hydrogens is 218 g/mol. The van der Waals surface area contributed by atoms with Gasteiger partial charge in [-0.3, -0.25) is 0 Å². The lowest BCUT2D eigenvalue weighted by Gasteiger charge is -2.08. The highest BCUT2D eigenvalue weighted by molar-refractivity contribution is 5.98. The Labute approximate surface area is 99.8 Å². The molecule has 0 atom stereocenters. The van der Waals surface area contributed by atoms with Crippen LogP contribution in [0.2, 0.25) is 0 Å². The molecule has 0 heterocycles. The van der Waals surface area contributed by atoms with Gasteiger partial charge in [0.1, 0.15) is 11.6 Å². The summed E-state index contributed by atoms with van der Waals surface area (Å²) in [5.41, 5.74) is 0.393. The monoisotopic (exact) mass is 231 g/mol. The number of aliphatic hydroxyl groups is 1. The Kier molecular flexibility index (Phi) is 4.29. The zero-order valence-corrected chi connectivity index (χ0v) is 9.68. The smallest absolute Gasteiger partial charge is 0.375 e. The predicted molar refractivity (Wildman–Crippen MR) is 62.8 cm³/mol. The van der Waals surface area contributed by atoms with Crippen LogP contribution in [0.25, 0.3) is 5.57 Å². The van der Waals surface area contributed by atoms with Gasteiger partial charge in [-0.15, -0.1) is 0 Å². The summed E-state index contributed by atoms with van der Waals surface area (Å²) in [5.74, 6) is -1.55. The van der Waals surface area contributed by atoms with Crippen molar-refractivity contribution in [3.63, 3.8) is 0 Å². The molecule has 0 aliphatic carbocycles. The average Bonchev–Trinajstić information content (AvgIpc) is 2.30. The SMILES string of the molecule is CC(C)OC(=O)C(O)=C(C#N)c1ccccc1. The number of carbonyl (C=O) groups is 1. The first-order valence-electron chi connectivity index (χ1n) is 5.16. The van der Waals surface area contributed by atoms with Gasteiger partial charge in [-0.2, -0.15) is 5.26 Å². The van der Waals surface area contributed by atoms with E-state index in [-0.39, 0.29) is 11.7 Å². The Morgan fingerprint density at radius 3 is 2.41 bits per heavy atom. The summed E-state index contributed by atoms with van der Waals surface area (Å²) >= 11 is 0. The summed E-state index contributed by atoms with van der Waals surface area (Å²) in [7, 11) is 0. The van der Waals surface area contributed by atoms with Crippen LogP contribution in [0, 0.1) is 11.3 Å². The number of carbonyl (C=O) groups excluding carboxylic acids is 1. The molecule has 0 aliphatic heterocycles. The van der Waals surface area contributed by atoms with Gasteiger partial charge in [0.25, 0.3) is 0 Å². The van der Waals surface area contributed by atoms with Gasteiger partial charge in [-0.25, -0.2) is 4.79 Å². The van der Waals surface area contributed by atoms with Gasteiger partial charge in [0.05, 0.1) is 6.10 Å². The van der Waals surface area contributed by atoms with Crippen LogP contribution < -0.4 is 0 Å². The van der Waals surface area contributed by atoms with E-state index in [0.717, 1.165) is 0 Å². The van der Waals surface area contributed by atoms with Crippen LogP contribution in [0.5, 0.6) is 0 Å². The number of aliphatic hydroxyl groups excluding tert-OH is 1. The zero-order valence-electron chi connectivity index (χ0n) is 9.68.